The minimum absolute atomic E-state index is 0.463. The molecule has 0 saturated carbocycles. The second-order valence-corrected chi connectivity index (χ2v) is 7.20. The van der Waals surface area contributed by atoms with E-state index in [0.717, 1.165) is 0 Å². The Kier molecular flexibility index (Phi) is 9.40. The van der Waals surface area contributed by atoms with Crippen molar-refractivity contribution in [3.63, 3.8) is 0 Å². The molecule has 0 aromatic heterocycles. The fourth-order valence-electron chi connectivity index (χ4n) is 2.62. The molecule has 0 aliphatic rings. The fourth-order valence-corrected chi connectivity index (χ4v) is 2.62. The van der Waals surface area contributed by atoms with E-state index in [0.29, 0.717) is 44.9 Å². The van der Waals surface area contributed by atoms with Crippen LogP contribution >= 0.6 is 0 Å². The van der Waals surface area contributed by atoms with Crippen molar-refractivity contribution in [2.45, 2.75) is 0 Å². The summed E-state index contributed by atoms with van der Waals surface area (Å²) in [5.74, 6) is 0. The normalized spacial score (nSPS) is 9.33. The molecule has 0 rings (SSSR count). The first-order valence-corrected chi connectivity index (χ1v) is 7.71. The molecule has 0 unspecified atom stereocenters. The van der Waals surface area contributed by atoms with Gasteiger partial charge in [0.05, 0.1) is 0 Å². The maximum absolute atomic E-state index is 4.96. The van der Waals surface area contributed by atoms with Gasteiger partial charge in [0.25, 0.3) is 0 Å². The van der Waals surface area contributed by atoms with Crippen LogP contribution in [-0.2, 0) is 0 Å². The zero-order valence-electron chi connectivity index (χ0n) is 14.1. The van der Waals surface area contributed by atoms with Crippen molar-refractivity contribution in [1.82, 2.24) is 0 Å². The van der Waals surface area contributed by atoms with Crippen LogP contribution in [0.3, 0.4) is 0 Å². The summed E-state index contributed by atoms with van der Waals surface area (Å²) < 4.78 is 0. The van der Waals surface area contributed by atoms with Crippen molar-refractivity contribution in [3.8, 4) is 0 Å². The molecular formula is H18B17N. The molecule has 0 amide bonds. The third kappa shape index (κ3) is 6.37. The van der Waals surface area contributed by atoms with E-state index in [1.54, 1.807) is 0 Å². The van der Waals surface area contributed by atoms with Crippen molar-refractivity contribution in [2.75, 3.05) is 0 Å². The van der Waals surface area contributed by atoms with Gasteiger partial charge < -0.3 is 0 Å². The molecule has 0 fully saturated rings. The van der Waals surface area contributed by atoms with Crippen LogP contribution in [0.1, 0.15) is 0 Å². The molecule has 0 aromatic carbocycles. The predicted molar refractivity (Wildman–Crippen MR) is 125 cm³/mol. The Labute approximate surface area is 126 Å². The summed E-state index contributed by atoms with van der Waals surface area (Å²) in [5.41, 5.74) is 0. The molecule has 0 bridgehead atoms. The fraction of sp³-hybridized carbons (Fsp3) is 0. The Bertz CT molecular complexity index is 230. The molecule has 0 aliphatic carbocycles. The van der Waals surface area contributed by atoms with Crippen LogP contribution in [0.4, 0.5) is 0 Å². The zero-order chi connectivity index (χ0) is 14.5. The van der Waals surface area contributed by atoms with Crippen molar-refractivity contribution in [1.29, 1.82) is 0 Å². The van der Waals surface area contributed by atoms with Crippen LogP contribution in [-0.4, -0.2) is 122 Å². The molecule has 18 heteroatoms. The third-order valence-electron chi connectivity index (χ3n) is 4.24. The van der Waals surface area contributed by atoms with Gasteiger partial charge >= 0.3 is 126 Å². The van der Waals surface area contributed by atoms with E-state index in [1.165, 1.54) is 0 Å². The monoisotopic (exact) mass is 219 g/mol. The third-order valence-corrected chi connectivity index (χ3v) is 4.24. The van der Waals surface area contributed by atoms with Gasteiger partial charge in [-0.2, -0.15) is 0 Å². The quantitative estimate of drug-likeness (QED) is 0.375. The summed E-state index contributed by atoms with van der Waals surface area (Å²) in [6.45, 7) is 2.71. The Hall–Kier alpha value is 0.904. The maximum atomic E-state index is 4.96. The van der Waals surface area contributed by atoms with Crippen LogP contribution in [0.15, 0.2) is 4.81 Å². The average Bonchev–Trinajstić information content (AvgIpc) is 2.21. The molecule has 1 nitrogen and oxygen atoms in total. The van der Waals surface area contributed by atoms with Crippen molar-refractivity contribution in [3.05, 3.63) is 0 Å². The van der Waals surface area contributed by atoms with Crippen LogP contribution in [0.2, 0.25) is 0 Å². The van der Waals surface area contributed by atoms with Gasteiger partial charge in [-0.1, -0.05) is 0 Å². The Balaban J connectivity index is 4.86. The van der Waals surface area contributed by atoms with Crippen molar-refractivity contribution < 1.29 is 0 Å². The van der Waals surface area contributed by atoms with Crippen LogP contribution in [0, 0.1) is 0 Å². The van der Waals surface area contributed by atoms with Gasteiger partial charge in [-0.25, -0.2) is 0 Å². The summed E-state index contributed by atoms with van der Waals surface area (Å²) in [6, 6.07) is 0. The molecule has 0 aliphatic heterocycles. The second-order valence-electron chi connectivity index (χ2n) is 7.20. The van der Waals surface area contributed by atoms with Gasteiger partial charge in [-0.3, -0.25) is 0 Å². The van der Waals surface area contributed by atoms with E-state index in [9.17, 15) is 0 Å². The number of rotatable bonds is 7. The summed E-state index contributed by atoms with van der Waals surface area (Å²) in [6.07, 6.45) is 3.93. The minimum atomic E-state index is 0.463. The number of hydrogen-bond acceptors (Lipinski definition) is 1. The molecule has 0 heterocycles. The van der Waals surface area contributed by atoms with Gasteiger partial charge in [0.2, 0.25) is 0 Å². The molecule has 0 radical (unpaired) electrons. The average molecular weight is 216 g/mol. The van der Waals surface area contributed by atoms with Crippen LogP contribution < -0.4 is 0 Å². The van der Waals surface area contributed by atoms with E-state index in [4.69, 9.17) is 4.81 Å². The van der Waals surface area contributed by atoms with Gasteiger partial charge in [0.15, 0.2) is 0 Å². The van der Waals surface area contributed by atoms with E-state index >= 15 is 0 Å². The standard InChI is InChI=1S/B17H18N/c1-11(2)15(9)17(14(7)8)18-10-16(12(3)4)13(5)6/h1-9H2. The molecule has 18 heavy (non-hydrogen) atoms. The van der Waals surface area contributed by atoms with E-state index in [-0.39, 0.29) is 0 Å². The van der Waals surface area contributed by atoms with E-state index < -0.39 is 0 Å². The Morgan fingerprint density at radius 2 is 1.06 bits per heavy atom. The molecule has 0 spiro atoms. The summed E-state index contributed by atoms with van der Waals surface area (Å²) >= 11 is 0. The number of hydrogen-bond donors (Lipinski definition) is 0. The molecule has 74 valence electrons. The van der Waals surface area contributed by atoms with Crippen molar-refractivity contribution in [2.24, 2.45) is 4.81 Å². The summed E-state index contributed by atoms with van der Waals surface area (Å²) in [4.78, 5) is 4.96. The van der Waals surface area contributed by atoms with Gasteiger partial charge in [-0.05, 0) is 0 Å². The van der Waals surface area contributed by atoms with Gasteiger partial charge in [-0.15, -0.1) is 0 Å². The Morgan fingerprint density at radius 3 is 1.33 bits per heavy atom. The van der Waals surface area contributed by atoms with Crippen LogP contribution in [0.25, 0.3) is 0 Å². The van der Waals surface area contributed by atoms with E-state index in [2.05, 4.69) is 76.6 Å². The molecule has 0 atom stereocenters. The van der Waals surface area contributed by atoms with Crippen molar-refractivity contribution >= 4 is 122 Å². The number of nitrogens with zero attached hydrogens (tertiary/aromatic N) is 1. The van der Waals surface area contributed by atoms with Gasteiger partial charge in [0.1, 0.15) is 0 Å². The molecular weight excluding hydrogens is 198 g/mol. The zero-order valence-corrected chi connectivity index (χ0v) is 14.1. The second kappa shape index (κ2) is 8.95. The first-order chi connectivity index (χ1) is 8.18. The molecule has 0 aromatic rings. The Morgan fingerprint density at radius 1 is 0.611 bits per heavy atom. The summed E-state index contributed by atoms with van der Waals surface area (Å²) in [7, 11) is 20.7. The first-order valence-electron chi connectivity index (χ1n) is 7.71. The molecule has 0 saturated heterocycles. The summed E-state index contributed by atoms with van der Waals surface area (Å²) in [5, 5.41) is 0. The first kappa shape index (κ1) is 18.9. The topological polar surface area (TPSA) is 12.4 Å². The predicted octanol–water partition coefficient (Wildman–Crippen LogP) is -11.1. The van der Waals surface area contributed by atoms with E-state index in [1.807, 2.05) is 0 Å². The van der Waals surface area contributed by atoms with Gasteiger partial charge in [0, 0.05) is 0 Å². The molecule has 0 N–H and O–H groups in total. The van der Waals surface area contributed by atoms with Crippen LogP contribution in [0.5, 0.6) is 0 Å². The SMILES string of the molecule is BB(B)B(B)B(/N=B/B(B(B)B)B(B)B)B(B)B.